The summed E-state index contributed by atoms with van der Waals surface area (Å²) in [4.78, 5) is 5.28. The van der Waals surface area contributed by atoms with Crippen LogP contribution in [0.3, 0.4) is 0 Å². The van der Waals surface area contributed by atoms with E-state index >= 15 is 0 Å². The Morgan fingerprint density at radius 2 is 2.00 bits per heavy atom. The second kappa shape index (κ2) is 7.81. The Morgan fingerprint density at radius 1 is 1.20 bits per heavy atom. The van der Waals surface area contributed by atoms with E-state index in [4.69, 9.17) is 9.15 Å². The Morgan fingerprint density at radius 3 is 2.72 bits per heavy atom. The van der Waals surface area contributed by atoms with Gasteiger partial charge in [-0.25, -0.2) is 18.1 Å². The largest absolute Gasteiger partial charge is 0.492 e. The van der Waals surface area contributed by atoms with Gasteiger partial charge < -0.3 is 9.15 Å². The number of sulfonamides is 1. The first kappa shape index (κ1) is 17.7. The highest BCUT2D eigenvalue weighted by Gasteiger charge is 2.15. The minimum Gasteiger partial charge on any atom is -0.492 e. The lowest BCUT2D eigenvalue weighted by molar-refractivity contribution is 0.340. The molecule has 1 N–H and O–H groups in total. The molecule has 3 rings (SSSR count). The van der Waals surface area contributed by atoms with Gasteiger partial charge in [-0.2, -0.15) is 0 Å². The van der Waals surface area contributed by atoms with Gasteiger partial charge in [0.05, 0.1) is 17.7 Å². The number of furan rings is 1. The highest BCUT2D eigenvalue weighted by atomic mass is 32.2. The Labute approximate surface area is 150 Å². The number of hydrogen-bond acceptors (Lipinski definition) is 6. The van der Waals surface area contributed by atoms with E-state index in [0.29, 0.717) is 11.5 Å². The number of benzene rings is 1. The molecule has 0 atom stereocenters. The van der Waals surface area contributed by atoms with Crippen molar-refractivity contribution in [2.75, 3.05) is 12.4 Å². The molecule has 0 fully saturated rings. The minimum atomic E-state index is -3.43. The van der Waals surface area contributed by atoms with Crippen molar-refractivity contribution >= 4 is 21.4 Å². The molecule has 6 nitrogen and oxygen atoms in total. The summed E-state index contributed by atoms with van der Waals surface area (Å²) < 4.78 is 37.6. The van der Waals surface area contributed by atoms with Crippen molar-refractivity contribution < 1.29 is 17.6 Å². The molecule has 3 aromatic rings. The Hall–Kier alpha value is -2.16. The zero-order valence-corrected chi connectivity index (χ0v) is 15.3. The lowest BCUT2D eigenvalue weighted by Crippen LogP contribution is -2.28. The summed E-state index contributed by atoms with van der Waals surface area (Å²) >= 11 is 1.42. The number of rotatable bonds is 8. The lowest BCUT2D eigenvalue weighted by Gasteiger charge is -2.08. The second-order valence-electron chi connectivity index (χ2n) is 5.31. The highest BCUT2D eigenvalue weighted by molar-refractivity contribution is 7.89. The van der Waals surface area contributed by atoms with E-state index in [2.05, 4.69) is 9.71 Å². The van der Waals surface area contributed by atoms with Gasteiger partial charge in [-0.15, -0.1) is 11.3 Å². The maximum atomic E-state index is 12.1. The van der Waals surface area contributed by atoms with Crippen LogP contribution in [0.4, 0.5) is 0 Å². The van der Waals surface area contributed by atoms with Crippen molar-refractivity contribution in [1.29, 1.82) is 0 Å². The molecule has 0 saturated heterocycles. The molecule has 1 aromatic carbocycles. The van der Waals surface area contributed by atoms with Crippen LogP contribution >= 0.6 is 11.3 Å². The third-order valence-electron chi connectivity index (χ3n) is 3.44. The first-order chi connectivity index (χ1) is 12.0. The summed E-state index contributed by atoms with van der Waals surface area (Å²) in [5.41, 5.74) is 0.791. The topological polar surface area (TPSA) is 81.4 Å². The first-order valence-electron chi connectivity index (χ1n) is 7.69. The van der Waals surface area contributed by atoms with Gasteiger partial charge in [0.25, 0.3) is 0 Å². The molecule has 2 aromatic heterocycles. The van der Waals surface area contributed by atoms with E-state index < -0.39 is 10.0 Å². The van der Waals surface area contributed by atoms with Crippen LogP contribution in [0.15, 0.2) is 53.1 Å². The molecule has 0 spiro atoms. The maximum absolute atomic E-state index is 12.1. The molecule has 0 saturated carbocycles. The number of ether oxygens (including phenoxy) is 1. The van der Waals surface area contributed by atoms with Gasteiger partial charge >= 0.3 is 0 Å². The van der Waals surface area contributed by atoms with Crippen LogP contribution in [0.2, 0.25) is 0 Å². The third kappa shape index (κ3) is 4.91. The van der Waals surface area contributed by atoms with Crippen LogP contribution in [-0.4, -0.2) is 25.8 Å². The number of nitrogens with zero attached hydrogens (tertiary/aromatic N) is 1. The van der Waals surface area contributed by atoms with Crippen LogP contribution in [-0.2, 0) is 16.6 Å². The van der Waals surface area contributed by atoms with Gasteiger partial charge in [0.2, 0.25) is 10.0 Å². The smallest absolute Gasteiger partial charge is 0.215 e. The molecule has 132 valence electrons. The van der Waals surface area contributed by atoms with Crippen LogP contribution in [0.25, 0.3) is 10.8 Å². The molecule has 0 aliphatic rings. The fraction of sp³-hybridized carbons (Fsp3) is 0.235. The second-order valence-corrected chi connectivity index (χ2v) is 8.32. The van der Waals surface area contributed by atoms with Crippen LogP contribution in [0, 0.1) is 6.92 Å². The number of aryl methyl sites for hydroxylation is 1. The summed E-state index contributed by atoms with van der Waals surface area (Å²) in [6, 6.07) is 12.7. The monoisotopic (exact) mass is 378 g/mol. The van der Waals surface area contributed by atoms with Crippen molar-refractivity contribution in [3.05, 3.63) is 59.3 Å². The van der Waals surface area contributed by atoms with Gasteiger partial charge in [0.1, 0.15) is 12.4 Å². The number of aromatic nitrogens is 1. The van der Waals surface area contributed by atoms with Crippen LogP contribution in [0.5, 0.6) is 5.75 Å². The predicted molar refractivity (Wildman–Crippen MR) is 97.1 cm³/mol. The molecule has 0 aliphatic heterocycles. The fourth-order valence-electron chi connectivity index (χ4n) is 2.13. The first-order valence-corrected chi connectivity index (χ1v) is 10.2. The molecule has 0 aliphatic carbocycles. The van der Waals surface area contributed by atoms with Gasteiger partial charge in [0.15, 0.2) is 10.8 Å². The molecular formula is C17H18N2O4S2. The van der Waals surface area contributed by atoms with Crippen molar-refractivity contribution in [3.63, 3.8) is 0 Å². The van der Waals surface area contributed by atoms with Crippen molar-refractivity contribution in [2.24, 2.45) is 0 Å². The van der Waals surface area contributed by atoms with Crippen LogP contribution in [0.1, 0.15) is 10.6 Å². The summed E-state index contributed by atoms with van der Waals surface area (Å²) in [7, 11) is -3.43. The number of thiazole rings is 1. The number of hydrogen-bond donors (Lipinski definition) is 1. The summed E-state index contributed by atoms with van der Waals surface area (Å²) in [6.07, 6.45) is 1.58. The molecule has 2 heterocycles. The van der Waals surface area contributed by atoms with Crippen molar-refractivity contribution in [3.8, 4) is 16.5 Å². The summed E-state index contributed by atoms with van der Waals surface area (Å²) in [5.74, 6) is 1.22. The Bertz CT molecular complexity index is 904. The molecule has 0 amide bonds. The van der Waals surface area contributed by atoms with Gasteiger partial charge in [-0.1, -0.05) is 18.2 Å². The van der Waals surface area contributed by atoms with Gasteiger partial charge in [-0.3, -0.25) is 0 Å². The summed E-state index contributed by atoms with van der Waals surface area (Å²) in [5, 5.41) is 0.740. The number of nitrogens with one attached hydrogen (secondary N) is 1. The molecule has 0 unspecified atom stereocenters. The lowest BCUT2D eigenvalue weighted by atomic mass is 10.3. The number of para-hydroxylation sites is 1. The molecule has 25 heavy (non-hydrogen) atoms. The molecule has 0 bridgehead atoms. The fourth-order valence-corrected chi connectivity index (χ4v) is 4.00. The van der Waals surface area contributed by atoms with E-state index in [9.17, 15) is 8.42 Å². The quantitative estimate of drug-likeness (QED) is 0.651. The minimum absolute atomic E-state index is 0.0959. The molecule has 8 heteroatoms. The van der Waals surface area contributed by atoms with Crippen molar-refractivity contribution in [2.45, 2.75) is 13.5 Å². The van der Waals surface area contributed by atoms with E-state index in [1.807, 2.05) is 31.2 Å². The van der Waals surface area contributed by atoms with Gasteiger partial charge in [0, 0.05) is 11.4 Å². The van der Waals surface area contributed by atoms with E-state index in [0.717, 1.165) is 15.6 Å². The molecular weight excluding hydrogens is 360 g/mol. The third-order valence-corrected chi connectivity index (χ3v) is 5.90. The normalized spacial score (nSPS) is 11.6. The average molecular weight is 378 g/mol. The van der Waals surface area contributed by atoms with E-state index in [1.165, 1.54) is 11.3 Å². The van der Waals surface area contributed by atoms with Gasteiger partial charge in [-0.05, 0) is 31.2 Å². The standard InChI is InChI=1S/C17H18N2O4S2/c1-13-16(24-17(19-13)15-8-5-9-23-15)12-18-25(20,21)11-10-22-14-6-3-2-4-7-14/h2-9,18H,10-12H2,1H3. The Balaban J connectivity index is 1.53. The maximum Gasteiger partial charge on any atom is 0.215 e. The zero-order chi connectivity index (χ0) is 17.7. The Kier molecular flexibility index (Phi) is 5.52. The molecule has 0 radical (unpaired) electrons. The van der Waals surface area contributed by atoms with Crippen molar-refractivity contribution in [1.82, 2.24) is 9.71 Å². The average Bonchev–Trinajstić information content (AvgIpc) is 3.23. The van der Waals surface area contributed by atoms with E-state index in [1.54, 1.807) is 24.5 Å². The SMILES string of the molecule is Cc1nc(-c2ccco2)sc1CNS(=O)(=O)CCOc1ccccc1. The van der Waals surface area contributed by atoms with E-state index in [-0.39, 0.29) is 18.9 Å². The van der Waals surface area contributed by atoms with Crippen LogP contribution < -0.4 is 9.46 Å². The summed E-state index contributed by atoms with van der Waals surface area (Å²) in [6.45, 7) is 2.15. The predicted octanol–water partition coefficient (Wildman–Crippen LogP) is 3.21. The highest BCUT2D eigenvalue weighted by Crippen LogP contribution is 2.28. The zero-order valence-electron chi connectivity index (χ0n) is 13.6.